The fourth-order valence-corrected chi connectivity index (χ4v) is 5.12. The molecule has 33 heavy (non-hydrogen) atoms. The molecule has 0 saturated carbocycles. The molecule has 0 spiro atoms. The standard InChI is InChI=1S/C32H33N/c1-23(2)30-20-25-13-15-26(30)9-7-6-8-24-12-16-27(17-14-25)31(21-24)29-18-19-33-32(22-29)28-10-4-3-5-11-28/h3-5,10-13,15-16,18-23H,6-9,14,17H2,1-2H3. The Hall–Kier alpha value is -3.19. The van der Waals surface area contributed by atoms with Gasteiger partial charge in [-0.3, -0.25) is 4.98 Å². The molecule has 4 aromatic rings. The highest BCUT2D eigenvalue weighted by atomic mass is 14.7. The van der Waals surface area contributed by atoms with E-state index in [0.717, 1.165) is 25.0 Å². The molecule has 0 fully saturated rings. The van der Waals surface area contributed by atoms with Gasteiger partial charge in [-0.1, -0.05) is 80.6 Å². The summed E-state index contributed by atoms with van der Waals surface area (Å²) >= 11 is 0. The maximum atomic E-state index is 4.66. The SMILES string of the molecule is CC(C)c1cc2ccc1CCCCc1ccc(c(-c3ccnc(-c4ccccc4)c3)c1)CC2. The lowest BCUT2D eigenvalue weighted by Crippen LogP contribution is -2.03. The van der Waals surface area contributed by atoms with E-state index in [-0.39, 0.29) is 0 Å². The van der Waals surface area contributed by atoms with Gasteiger partial charge in [-0.05, 0) is 95.5 Å². The monoisotopic (exact) mass is 431 g/mol. The van der Waals surface area contributed by atoms with E-state index in [1.54, 1.807) is 11.1 Å². The minimum Gasteiger partial charge on any atom is -0.256 e. The van der Waals surface area contributed by atoms with Crippen molar-refractivity contribution in [1.29, 1.82) is 0 Å². The first-order valence-corrected chi connectivity index (χ1v) is 12.4. The van der Waals surface area contributed by atoms with Gasteiger partial charge in [0.2, 0.25) is 0 Å². The van der Waals surface area contributed by atoms with E-state index in [1.165, 1.54) is 52.6 Å². The van der Waals surface area contributed by atoms with Crippen LogP contribution in [0.3, 0.4) is 0 Å². The Labute approximate surface area is 198 Å². The molecule has 0 atom stereocenters. The van der Waals surface area contributed by atoms with Crippen LogP contribution in [-0.2, 0) is 25.7 Å². The van der Waals surface area contributed by atoms with E-state index in [2.05, 4.69) is 97.7 Å². The van der Waals surface area contributed by atoms with Crippen LogP contribution >= 0.6 is 0 Å². The minimum absolute atomic E-state index is 0.579. The quantitative estimate of drug-likeness (QED) is 0.318. The van der Waals surface area contributed by atoms with Crippen LogP contribution in [0.15, 0.2) is 85.1 Å². The molecular weight excluding hydrogens is 398 g/mol. The molecular formula is C32H33N. The Morgan fingerprint density at radius 2 is 1.39 bits per heavy atom. The normalized spacial score (nSPS) is 13.9. The number of aromatic nitrogens is 1. The van der Waals surface area contributed by atoms with Crippen LogP contribution in [0.25, 0.3) is 22.4 Å². The lowest BCUT2D eigenvalue weighted by molar-refractivity contribution is 0.719. The van der Waals surface area contributed by atoms with E-state index in [1.807, 2.05) is 6.20 Å². The molecule has 0 radical (unpaired) electrons. The summed E-state index contributed by atoms with van der Waals surface area (Å²) in [5.74, 6) is 0.579. The van der Waals surface area contributed by atoms with Gasteiger partial charge in [0.15, 0.2) is 0 Å². The molecule has 0 amide bonds. The zero-order valence-corrected chi connectivity index (χ0v) is 19.9. The molecule has 1 nitrogen and oxygen atoms in total. The molecule has 3 aromatic carbocycles. The molecule has 0 saturated heterocycles. The smallest absolute Gasteiger partial charge is 0.0708 e. The fourth-order valence-electron chi connectivity index (χ4n) is 5.12. The maximum Gasteiger partial charge on any atom is 0.0708 e. The van der Waals surface area contributed by atoms with Crippen molar-refractivity contribution >= 4 is 0 Å². The molecule has 1 heterocycles. The van der Waals surface area contributed by atoms with Crippen LogP contribution in [0, 0.1) is 0 Å². The highest BCUT2D eigenvalue weighted by Gasteiger charge is 2.13. The third-order valence-corrected chi connectivity index (χ3v) is 6.99. The summed E-state index contributed by atoms with van der Waals surface area (Å²) in [6.45, 7) is 4.66. The number of hydrogen-bond donors (Lipinski definition) is 0. The van der Waals surface area contributed by atoms with E-state index >= 15 is 0 Å². The first kappa shape index (κ1) is 21.6. The first-order valence-electron chi connectivity index (χ1n) is 12.4. The molecule has 0 aliphatic heterocycles. The van der Waals surface area contributed by atoms with Crippen LogP contribution in [0.4, 0.5) is 0 Å². The van der Waals surface area contributed by atoms with Gasteiger partial charge in [0.25, 0.3) is 0 Å². The van der Waals surface area contributed by atoms with Gasteiger partial charge in [-0.15, -0.1) is 0 Å². The highest BCUT2D eigenvalue weighted by Crippen LogP contribution is 2.31. The van der Waals surface area contributed by atoms with Gasteiger partial charge in [-0.25, -0.2) is 0 Å². The van der Waals surface area contributed by atoms with Crippen LogP contribution in [0.5, 0.6) is 0 Å². The van der Waals surface area contributed by atoms with E-state index in [9.17, 15) is 0 Å². The Kier molecular flexibility index (Phi) is 6.39. The first-order chi connectivity index (χ1) is 16.2. The number of nitrogens with zero attached hydrogens (tertiary/aromatic N) is 1. The minimum atomic E-state index is 0.579. The molecule has 8 rings (SSSR count). The largest absolute Gasteiger partial charge is 0.256 e. The molecule has 4 aliphatic carbocycles. The van der Waals surface area contributed by atoms with Crippen molar-refractivity contribution in [3.63, 3.8) is 0 Å². The summed E-state index contributed by atoms with van der Waals surface area (Å²) in [7, 11) is 0. The van der Waals surface area contributed by atoms with Crippen LogP contribution in [0.2, 0.25) is 0 Å². The average Bonchev–Trinajstić information content (AvgIpc) is 2.86. The molecule has 166 valence electrons. The highest BCUT2D eigenvalue weighted by molar-refractivity contribution is 5.73. The molecule has 0 unspecified atom stereocenters. The van der Waals surface area contributed by atoms with E-state index < -0.39 is 0 Å². The zero-order chi connectivity index (χ0) is 22.6. The van der Waals surface area contributed by atoms with Crippen molar-refractivity contribution in [1.82, 2.24) is 4.98 Å². The Morgan fingerprint density at radius 1 is 0.636 bits per heavy atom. The van der Waals surface area contributed by atoms with Gasteiger partial charge in [0, 0.05) is 11.8 Å². The Morgan fingerprint density at radius 3 is 2.21 bits per heavy atom. The summed E-state index contributed by atoms with van der Waals surface area (Å²) in [4.78, 5) is 4.66. The third kappa shape index (κ3) is 4.93. The van der Waals surface area contributed by atoms with E-state index in [0.29, 0.717) is 5.92 Å². The second-order valence-electron chi connectivity index (χ2n) is 9.68. The number of rotatable bonds is 3. The predicted octanol–water partition coefficient (Wildman–Crippen LogP) is 8.20. The lowest BCUT2D eigenvalue weighted by atomic mass is 9.88. The van der Waals surface area contributed by atoms with Crippen LogP contribution in [0.1, 0.15) is 60.4 Å². The summed E-state index contributed by atoms with van der Waals surface area (Å²) in [6.07, 6.45) is 8.87. The van der Waals surface area contributed by atoms with Crippen molar-refractivity contribution in [2.24, 2.45) is 0 Å². The van der Waals surface area contributed by atoms with Crippen molar-refractivity contribution < 1.29 is 0 Å². The Bertz CT molecular complexity index is 1240. The van der Waals surface area contributed by atoms with Crippen molar-refractivity contribution in [2.45, 2.75) is 58.3 Å². The summed E-state index contributed by atoms with van der Waals surface area (Å²) in [5.41, 5.74) is 12.3. The molecule has 4 bridgehead atoms. The molecule has 0 N–H and O–H groups in total. The molecule has 1 heteroatoms. The summed E-state index contributed by atoms with van der Waals surface area (Å²) in [5, 5.41) is 0. The number of benzene rings is 3. The average molecular weight is 432 g/mol. The topological polar surface area (TPSA) is 12.9 Å². The summed E-state index contributed by atoms with van der Waals surface area (Å²) in [6, 6.07) is 29.3. The third-order valence-electron chi connectivity index (χ3n) is 6.99. The van der Waals surface area contributed by atoms with Gasteiger partial charge in [0.1, 0.15) is 0 Å². The zero-order valence-electron chi connectivity index (χ0n) is 19.9. The maximum absolute atomic E-state index is 4.66. The number of hydrogen-bond acceptors (Lipinski definition) is 1. The molecule has 1 aromatic heterocycles. The van der Waals surface area contributed by atoms with Crippen molar-refractivity contribution in [2.75, 3.05) is 0 Å². The predicted molar refractivity (Wildman–Crippen MR) is 140 cm³/mol. The number of pyridine rings is 1. The van der Waals surface area contributed by atoms with Gasteiger partial charge in [-0.2, -0.15) is 0 Å². The second-order valence-corrected chi connectivity index (χ2v) is 9.68. The van der Waals surface area contributed by atoms with E-state index in [4.69, 9.17) is 0 Å². The molecule has 4 aliphatic rings. The van der Waals surface area contributed by atoms with Gasteiger partial charge >= 0.3 is 0 Å². The van der Waals surface area contributed by atoms with Crippen molar-refractivity contribution in [3.05, 3.63) is 113 Å². The summed E-state index contributed by atoms with van der Waals surface area (Å²) < 4.78 is 0. The number of aryl methyl sites for hydroxylation is 4. The van der Waals surface area contributed by atoms with Gasteiger partial charge < -0.3 is 0 Å². The second kappa shape index (κ2) is 9.75. The van der Waals surface area contributed by atoms with Crippen molar-refractivity contribution in [3.8, 4) is 22.4 Å². The van der Waals surface area contributed by atoms with Gasteiger partial charge in [0.05, 0.1) is 5.69 Å². The fraction of sp³-hybridized carbons (Fsp3) is 0.281. The lowest BCUT2D eigenvalue weighted by Gasteiger charge is -2.18. The van der Waals surface area contributed by atoms with Crippen LogP contribution in [-0.4, -0.2) is 4.98 Å². The van der Waals surface area contributed by atoms with Crippen LogP contribution < -0.4 is 0 Å². The Balaban J connectivity index is 1.54.